The number of hydrogen-bond donors (Lipinski definition) is 1. The maximum Gasteiger partial charge on any atom is 0.162 e. The molecule has 0 unspecified atom stereocenters. The van der Waals surface area contributed by atoms with Crippen molar-refractivity contribution >= 4 is 26.6 Å². The second kappa shape index (κ2) is 8.38. The van der Waals surface area contributed by atoms with Crippen molar-refractivity contribution in [2.75, 3.05) is 44.1 Å². The van der Waals surface area contributed by atoms with Crippen LogP contribution in [0.2, 0.25) is 0 Å². The lowest BCUT2D eigenvalue weighted by Crippen LogP contribution is -2.45. The van der Waals surface area contributed by atoms with Gasteiger partial charge in [-0.15, -0.1) is 0 Å². The predicted octanol–water partition coefficient (Wildman–Crippen LogP) is 3.21. The minimum Gasteiger partial charge on any atom is -0.381 e. The molecule has 8 nitrogen and oxygen atoms in total. The second-order valence-corrected chi connectivity index (χ2v) is 11.5. The molecule has 0 spiro atoms. The summed E-state index contributed by atoms with van der Waals surface area (Å²) in [6.07, 6.45) is 2.08. The van der Waals surface area contributed by atoms with Crippen molar-refractivity contribution < 1.29 is 17.9 Å². The number of morpholine rings is 1. The van der Waals surface area contributed by atoms with Gasteiger partial charge in [0.05, 0.1) is 24.9 Å². The van der Waals surface area contributed by atoms with Crippen LogP contribution in [0.5, 0.6) is 0 Å². The van der Waals surface area contributed by atoms with Gasteiger partial charge in [0.2, 0.25) is 0 Å². The highest BCUT2D eigenvalue weighted by molar-refractivity contribution is 7.91. The number of aromatic nitrogens is 3. The van der Waals surface area contributed by atoms with Crippen molar-refractivity contribution in [3.8, 4) is 11.4 Å². The van der Waals surface area contributed by atoms with Crippen LogP contribution in [-0.2, 0) is 24.1 Å². The van der Waals surface area contributed by atoms with Crippen molar-refractivity contribution in [3.63, 3.8) is 0 Å². The van der Waals surface area contributed by atoms with Crippen LogP contribution in [0.15, 0.2) is 30.3 Å². The Morgan fingerprint density at radius 1 is 1.12 bits per heavy atom. The fourth-order valence-corrected chi connectivity index (χ4v) is 6.40. The number of aryl methyl sites for hydroxylation is 1. The summed E-state index contributed by atoms with van der Waals surface area (Å²) in [7, 11) is -3.46. The molecule has 0 amide bonds. The third-order valence-electron chi connectivity index (χ3n) is 6.89. The quantitative estimate of drug-likeness (QED) is 0.625. The number of fused-ring (bicyclic) bond motifs is 1. The van der Waals surface area contributed by atoms with E-state index in [9.17, 15) is 8.42 Å². The highest BCUT2D eigenvalue weighted by atomic mass is 32.2. The van der Waals surface area contributed by atoms with Crippen molar-refractivity contribution in [3.05, 3.63) is 41.7 Å². The highest BCUT2D eigenvalue weighted by Crippen LogP contribution is 2.41. The van der Waals surface area contributed by atoms with E-state index in [4.69, 9.17) is 19.4 Å². The first-order valence-corrected chi connectivity index (χ1v) is 13.3. The Morgan fingerprint density at radius 3 is 2.64 bits per heavy atom. The first-order valence-electron chi connectivity index (χ1n) is 11.4. The van der Waals surface area contributed by atoms with Gasteiger partial charge in [-0.1, -0.05) is 12.1 Å². The molecule has 0 radical (unpaired) electrons. The summed E-state index contributed by atoms with van der Waals surface area (Å²) in [5, 5.41) is 1.02. The van der Waals surface area contributed by atoms with E-state index >= 15 is 0 Å². The summed E-state index contributed by atoms with van der Waals surface area (Å²) >= 11 is 0. The molecule has 2 aliphatic rings. The number of benzene rings is 1. The molecule has 9 heteroatoms. The van der Waals surface area contributed by atoms with Gasteiger partial charge in [-0.05, 0) is 38.8 Å². The number of ether oxygens (including phenoxy) is 2. The normalized spacial score (nSPS) is 21.4. The lowest BCUT2D eigenvalue weighted by atomic mass is 9.94. The van der Waals surface area contributed by atoms with Crippen LogP contribution < -0.4 is 4.90 Å². The van der Waals surface area contributed by atoms with Crippen LogP contribution >= 0.6 is 0 Å². The van der Waals surface area contributed by atoms with Crippen LogP contribution in [0.25, 0.3) is 22.3 Å². The van der Waals surface area contributed by atoms with Gasteiger partial charge < -0.3 is 19.4 Å². The number of rotatable bonds is 4. The van der Waals surface area contributed by atoms with Gasteiger partial charge in [-0.2, -0.15) is 0 Å². The Kier molecular flexibility index (Phi) is 5.66. The fraction of sp³-hybridized carbons (Fsp3) is 0.500. The van der Waals surface area contributed by atoms with E-state index in [0.29, 0.717) is 57.3 Å². The van der Waals surface area contributed by atoms with E-state index in [0.717, 1.165) is 28.0 Å². The summed E-state index contributed by atoms with van der Waals surface area (Å²) in [6, 6.07) is 10.1. The number of sulfone groups is 1. The van der Waals surface area contributed by atoms with E-state index in [1.54, 1.807) is 0 Å². The van der Waals surface area contributed by atoms with Crippen LogP contribution in [0.4, 0.5) is 5.82 Å². The number of nitrogens with one attached hydrogen (secondary N) is 1. The molecule has 1 aromatic carbocycles. The molecule has 176 valence electrons. The Labute approximate surface area is 194 Å². The van der Waals surface area contributed by atoms with Gasteiger partial charge in [0, 0.05) is 54.2 Å². The van der Waals surface area contributed by atoms with E-state index < -0.39 is 14.6 Å². The molecule has 2 aliphatic heterocycles. The van der Waals surface area contributed by atoms with E-state index in [1.807, 2.05) is 31.2 Å². The molecule has 4 heterocycles. The van der Waals surface area contributed by atoms with Crippen molar-refractivity contribution in [1.82, 2.24) is 15.0 Å². The minimum atomic E-state index is -3.46. The molecule has 33 heavy (non-hydrogen) atoms. The van der Waals surface area contributed by atoms with Gasteiger partial charge >= 0.3 is 0 Å². The lowest BCUT2D eigenvalue weighted by molar-refractivity contribution is 0.0731. The molecule has 2 saturated heterocycles. The molecule has 0 saturated carbocycles. The summed E-state index contributed by atoms with van der Waals surface area (Å²) in [4.78, 5) is 15.5. The van der Waals surface area contributed by atoms with Crippen LogP contribution in [0, 0.1) is 6.92 Å². The van der Waals surface area contributed by atoms with E-state index in [2.05, 4.69) is 22.9 Å². The maximum atomic E-state index is 13.2. The average Bonchev–Trinajstić information content (AvgIpc) is 3.19. The SMILES string of the molecule is Cc1cc2c(-c3nc(N4CCOC[C@H]4C)cc(C4(S(C)(=O)=O)CCOCC4)n3)cccc2[nH]1. The topological polar surface area (TPSA) is 97.4 Å². The van der Waals surface area contributed by atoms with Gasteiger partial charge in [-0.3, -0.25) is 0 Å². The Hall–Kier alpha value is -2.49. The van der Waals surface area contributed by atoms with Gasteiger partial charge in [0.25, 0.3) is 0 Å². The summed E-state index contributed by atoms with van der Waals surface area (Å²) in [5.41, 5.74) is 3.49. The van der Waals surface area contributed by atoms with Gasteiger partial charge in [0.15, 0.2) is 15.7 Å². The van der Waals surface area contributed by atoms with Crippen molar-refractivity contribution in [2.45, 2.75) is 37.5 Å². The summed E-state index contributed by atoms with van der Waals surface area (Å²) < 4.78 is 36.4. The Morgan fingerprint density at radius 2 is 1.91 bits per heavy atom. The third kappa shape index (κ3) is 3.92. The lowest BCUT2D eigenvalue weighted by Gasteiger charge is -2.37. The minimum absolute atomic E-state index is 0.128. The number of nitrogens with zero attached hydrogens (tertiary/aromatic N) is 3. The number of anilines is 1. The molecule has 5 rings (SSSR count). The number of hydrogen-bond acceptors (Lipinski definition) is 7. The zero-order chi connectivity index (χ0) is 23.2. The molecule has 2 aromatic heterocycles. The molecule has 1 N–H and O–H groups in total. The molecule has 0 aliphatic carbocycles. The standard InChI is InChI=1S/C24H30N4O4S/c1-16-13-19-18(5-4-6-20(19)25-16)23-26-21(24(33(3,29)30)7-10-31-11-8-24)14-22(27-23)28-9-12-32-15-17(28)2/h4-6,13-14,17,25H,7-12,15H2,1-3H3/t17-/m1/s1. The fourth-order valence-electron chi connectivity index (χ4n) is 5.01. The smallest absolute Gasteiger partial charge is 0.162 e. The summed E-state index contributed by atoms with van der Waals surface area (Å²) in [5.74, 6) is 1.28. The van der Waals surface area contributed by atoms with E-state index in [-0.39, 0.29) is 6.04 Å². The molecule has 0 bridgehead atoms. The Bertz CT molecular complexity index is 1280. The molecular formula is C24H30N4O4S. The monoisotopic (exact) mass is 470 g/mol. The van der Waals surface area contributed by atoms with Gasteiger partial charge in [-0.25, -0.2) is 18.4 Å². The van der Waals surface area contributed by atoms with Gasteiger partial charge in [0.1, 0.15) is 10.6 Å². The van der Waals surface area contributed by atoms with Crippen molar-refractivity contribution in [1.29, 1.82) is 0 Å². The van der Waals surface area contributed by atoms with E-state index in [1.165, 1.54) is 6.26 Å². The summed E-state index contributed by atoms with van der Waals surface area (Å²) in [6.45, 7) is 6.80. The molecule has 2 fully saturated rings. The largest absolute Gasteiger partial charge is 0.381 e. The first kappa shape index (κ1) is 22.3. The highest BCUT2D eigenvalue weighted by Gasteiger charge is 2.46. The zero-order valence-corrected chi connectivity index (χ0v) is 20.1. The third-order valence-corrected chi connectivity index (χ3v) is 8.93. The average molecular weight is 471 g/mol. The maximum absolute atomic E-state index is 13.2. The molecule has 1 atom stereocenters. The first-order chi connectivity index (χ1) is 15.8. The van der Waals surface area contributed by atoms with Crippen LogP contribution in [0.3, 0.4) is 0 Å². The Balaban J connectivity index is 1.75. The zero-order valence-electron chi connectivity index (χ0n) is 19.3. The number of aromatic amines is 1. The second-order valence-electron chi connectivity index (χ2n) is 9.15. The van der Waals surface area contributed by atoms with Crippen molar-refractivity contribution in [2.24, 2.45) is 0 Å². The van der Waals surface area contributed by atoms with Crippen LogP contribution in [0.1, 0.15) is 31.2 Å². The van der Waals surface area contributed by atoms with Crippen LogP contribution in [-0.4, -0.2) is 68.6 Å². The molecule has 3 aromatic rings. The number of H-pyrrole nitrogens is 1. The molecular weight excluding hydrogens is 440 g/mol. The predicted molar refractivity (Wildman–Crippen MR) is 128 cm³/mol.